The Balaban J connectivity index is 2.30. The topological polar surface area (TPSA) is 72.6 Å². The van der Waals surface area contributed by atoms with Crippen LogP contribution in [0.25, 0.3) is 0 Å². The molecule has 2 rings (SSSR count). The van der Waals surface area contributed by atoms with Crippen molar-refractivity contribution in [1.29, 1.82) is 0 Å². The summed E-state index contributed by atoms with van der Waals surface area (Å²) in [5.74, 6) is 0. The van der Waals surface area contributed by atoms with Gasteiger partial charge in [0, 0.05) is 20.2 Å². The fraction of sp³-hybridized carbons (Fsp3) is 0.333. The highest BCUT2D eigenvalue weighted by atomic mass is 32.2. The first-order chi connectivity index (χ1) is 11.6. The van der Waals surface area contributed by atoms with Gasteiger partial charge in [-0.25, -0.2) is 8.42 Å². The molecule has 24 heavy (non-hydrogen) atoms. The fourth-order valence-corrected chi connectivity index (χ4v) is 3.99. The first-order valence-electron chi connectivity index (χ1n) is 7.90. The van der Waals surface area contributed by atoms with Gasteiger partial charge in [-0.1, -0.05) is 42.5 Å². The molecule has 0 amide bonds. The third-order valence-electron chi connectivity index (χ3n) is 3.66. The summed E-state index contributed by atoms with van der Waals surface area (Å²) in [6.07, 6.45) is 0.615. The smallest absolute Gasteiger partial charge is 0.243 e. The molecule has 0 saturated heterocycles. The molecule has 0 atom stereocenters. The molecule has 0 aliphatic carbocycles. The van der Waals surface area contributed by atoms with Gasteiger partial charge < -0.3 is 10.5 Å². The summed E-state index contributed by atoms with van der Waals surface area (Å²) in [7, 11) is -2.00. The van der Waals surface area contributed by atoms with Gasteiger partial charge in [0.1, 0.15) is 0 Å². The van der Waals surface area contributed by atoms with Crippen LogP contribution < -0.4 is 5.73 Å². The summed E-state index contributed by atoms with van der Waals surface area (Å²) in [5, 5.41) is 0. The third-order valence-corrected chi connectivity index (χ3v) is 5.50. The molecule has 0 heterocycles. The molecule has 0 radical (unpaired) electrons. The van der Waals surface area contributed by atoms with Crippen LogP contribution in [0.2, 0.25) is 0 Å². The molecule has 2 aromatic carbocycles. The average molecular weight is 348 g/mol. The molecule has 0 aliphatic heterocycles. The number of sulfonamides is 1. The van der Waals surface area contributed by atoms with Crippen molar-refractivity contribution < 1.29 is 13.2 Å². The fourth-order valence-electron chi connectivity index (χ4n) is 2.45. The lowest BCUT2D eigenvalue weighted by atomic mass is 10.2. The van der Waals surface area contributed by atoms with Gasteiger partial charge in [-0.2, -0.15) is 4.31 Å². The Kier molecular flexibility index (Phi) is 6.93. The second kappa shape index (κ2) is 8.94. The van der Waals surface area contributed by atoms with Crippen molar-refractivity contribution in [2.45, 2.75) is 24.5 Å². The molecule has 0 bridgehead atoms. The summed E-state index contributed by atoms with van der Waals surface area (Å²) in [6.45, 7) is 1.55. The number of rotatable bonds is 9. The number of nitrogens with two attached hydrogens (primary N) is 1. The van der Waals surface area contributed by atoms with Crippen molar-refractivity contribution in [3.05, 3.63) is 65.7 Å². The molecule has 0 fully saturated rings. The Bertz CT molecular complexity index is 733. The first-order valence-corrected chi connectivity index (χ1v) is 9.34. The van der Waals surface area contributed by atoms with Crippen molar-refractivity contribution in [3.63, 3.8) is 0 Å². The van der Waals surface area contributed by atoms with E-state index in [1.165, 1.54) is 4.31 Å². The van der Waals surface area contributed by atoms with Crippen LogP contribution in [0.3, 0.4) is 0 Å². The van der Waals surface area contributed by atoms with Gasteiger partial charge >= 0.3 is 0 Å². The lowest BCUT2D eigenvalue weighted by molar-refractivity contribution is 0.184. The molecule has 5 nitrogen and oxygen atoms in total. The number of nitrogens with zero attached hydrogens (tertiary/aromatic N) is 1. The van der Waals surface area contributed by atoms with Crippen molar-refractivity contribution in [2.75, 3.05) is 20.2 Å². The monoisotopic (exact) mass is 348 g/mol. The van der Waals surface area contributed by atoms with E-state index < -0.39 is 10.0 Å². The maximum Gasteiger partial charge on any atom is 0.243 e. The van der Waals surface area contributed by atoms with Gasteiger partial charge in [0.15, 0.2) is 0 Å². The number of benzene rings is 2. The quantitative estimate of drug-likeness (QED) is 0.755. The SMILES string of the molecule is COCc1cccc(S(=O)(=O)N(CCCN)Cc2ccccc2)c1. The Morgan fingerprint density at radius 2 is 1.75 bits per heavy atom. The van der Waals surface area contributed by atoms with Gasteiger partial charge in [0.05, 0.1) is 11.5 Å². The van der Waals surface area contributed by atoms with Crippen molar-refractivity contribution in [3.8, 4) is 0 Å². The van der Waals surface area contributed by atoms with E-state index in [0.29, 0.717) is 32.7 Å². The predicted octanol–water partition coefficient (Wildman–Crippen LogP) is 2.37. The van der Waals surface area contributed by atoms with Crippen LogP contribution in [-0.4, -0.2) is 32.9 Å². The van der Waals surface area contributed by atoms with Crippen LogP contribution in [0.1, 0.15) is 17.5 Å². The summed E-state index contributed by atoms with van der Waals surface area (Å²) in [6, 6.07) is 16.4. The van der Waals surface area contributed by atoms with Gasteiger partial charge in [0.2, 0.25) is 10.0 Å². The zero-order valence-electron chi connectivity index (χ0n) is 13.9. The summed E-state index contributed by atoms with van der Waals surface area (Å²) >= 11 is 0. The second-order valence-corrected chi connectivity index (χ2v) is 7.48. The van der Waals surface area contributed by atoms with Crippen molar-refractivity contribution >= 4 is 10.0 Å². The van der Waals surface area contributed by atoms with E-state index in [1.807, 2.05) is 36.4 Å². The molecule has 2 N–H and O–H groups in total. The van der Waals surface area contributed by atoms with Crippen LogP contribution in [0.4, 0.5) is 0 Å². The molecular formula is C18H24N2O3S. The lowest BCUT2D eigenvalue weighted by Gasteiger charge is -2.22. The Labute approximate surface area is 144 Å². The molecule has 0 unspecified atom stereocenters. The Morgan fingerprint density at radius 1 is 1.04 bits per heavy atom. The summed E-state index contributed by atoms with van der Waals surface area (Å²) in [5.41, 5.74) is 7.36. The number of hydrogen-bond donors (Lipinski definition) is 1. The van der Waals surface area contributed by atoms with Gasteiger partial charge in [-0.05, 0) is 36.2 Å². The molecule has 130 valence electrons. The lowest BCUT2D eigenvalue weighted by Crippen LogP contribution is -2.32. The normalized spacial score (nSPS) is 11.8. The van der Waals surface area contributed by atoms with E-state index in [9.17, 15) is 8.42 Å². The molecule has 0 saturated carbocycles. The molecule has 6 heteroatoms. The Hall–Kier alpha value is -1.73. The van der Waals surface area contributed by atoms with E-state index in [0.717, 1.165) is 11.1 Å². The van der Waals surface area contributed by atoms with Gasteiger partial charge in [-0.3, -0.25) is 0 Å². The summed E-state index contributed by atoms with van der Waals surface area (Å²) in [4.78, 5) is 0.282. The molecule has 0 aromatic heterocycles. The van der Waals surface area contributed by atoms with Crippen molar-refractivity contribution in [2.24, 2.45) is 5.73 Å². The van der Waals surface area contributed by atoms with E-state index >= 15 is 0 Å². The number of ether oxygens (including phenoxy) is 1. The number of hydrogen-bond acceptors (Lipinski definition) is 4. The van der Waals surface area contributed by atoms with Gasteiger partial charge in [-0.15, -0.1) is 0 Å². The van der Waals surface area contributed by atoms with Crippen LogP contribution in [0.15, 0.2) is 59.5 Å². The van der Waals surface area contributed by atoms with Crippen LogP contribution in [0, 0.1) is 0 Å². The molecular weight excluding hydrogens is 324 g/mol. The largest absolute Gasteiger partial charge is 0.380 e. The van der Waals surface area contributed by atoms with E-state index in [4.69, 9.17) is 10.5 Å². The minimum absolute atomic E-state index is 0.282. The van der Waals surface area contributed by atoms with Gasteiger partial charge in [0.25, 0.3) is 0 Å². The minimum Gasteiger partial charge on any atom is -0.380 e. The van der Waals surface area contributed by atoms with E-state index in [-0.39, 0.29) is 4.90 Å². The van der Waals surface area contributed by atoms with E-state index in [2.05, 4.69) is 0 Å². The highest BCUT2D eigenvalue weighted by molar-refractivity contribution is 7.89. The number of methoxy groups -OCH3 is 1. The first kappa shape index (κ1) is 18.6. The van der Waals surface area contributed by atoms with E-state index in [1.54, 1.807) is 25.3 Å². The zero-order valence-corrected chi connectivity index (χ0v) is 14.7. The van der Waals surface area contributed by atoms with Crippen molar-refractivity contribution in [1.82, 2.24) is 4.31 Å². The maximum absolute atomic E-state index is 13.0. The van der Waals surface area contributed by atoms with Crippen LogP contribution >= 0.6 is 0 Å². The summed E-state index contributed by atoms with van der Waals surface area (Å²) < 4.78 is 32.7. The highest BCUT2D eigenvalue weighted by Gasteiger charge is 2.24. The minimum atomic E-state index is -3.59. The predicted molar refractivity (Wildman–Crippen MR) is 94.9 cm³/mol. The standard InChI is InChI=1S/C18H24N2O3S/c1-23-15-17-9-5-10-18(13-17)24(21,22)20(12-6-11-19)14-16-7-3-2-4-8-16/h2-5,7-10,13H,6,11-12,14-15,19H2,1H3. The highest BCUT2D eigenvalue weighted by Crippen LogP contribution is 2.20. The molecule has 0 spiro atoms. The molecule has 2 aromatic rings. The Morgan fingerprint density at radius 3 is 2.42 bits per heavy atom. The average Bonchev–Trinajstić information content (AvgIpc) is 2.60. The third kappa shape index (κ3) is 4.88. The zero-order chi connectivity index (χ0) is 17.4. The molecule has 0 aliphatic rings. The van der Waals surface area contributed by atoms with Crippen LogP contribution in [-0.2, 0) is 27.9 Å². The van der Waals surface area contributed by atoms with Crippen LogP contribution in [0.5, 0.6) is 0 Å². The maximum atomic E-state index is 13.0. The second-order valence-electron chi connectivity index (χ2n) is 5.55.